The van der Waals surface area contributed by atoms with E-state index in [-0.39, 0.29) is 28.7 Å². The number of nitrogens with zero attached hydrogens (tertiary/aromatic N) is 1. The molecular formula is C16H24F2IN3S. The smallest absolute Gasteiger partial charge is 0.191 e. The van der Waals surface area contributed by atoms with E-state index in [1.807, 2.05) is 11.8 Å². The van der Waals surface area contributed by atoms with Crippen LogP contribution < -0.4 is 10.6 Å². The molecule has 23 heavy (non-hydrogen) atoms. The number of guanidine groups is 1. The normalized spacial score (nSPS) is 21.0. The predicted molar refractivity (Wildman–Crippen MR) is 105 cm³/mol. The lowest BCUT2D eigenvalue weighted by atomic mass is 10.1. The molecule has 1 heterocycles. The number of halogens is 3. The first-order valence-electron chi connectivity index (χ1n) is 7.55. The fraction of sp³-hybridized carbons (Fsp3) is 0.562. The predicted octanol–water partition coefficient (Wildman–Crippen LogP) is 3.58. The first-order valence-corrected chi connectivity index (χ1v) is 8.53. The van der Waals surface area contributed by atoms with Crippen LogP contribution in [0.25, 0.3) is 0 Å². The summed E-state index contributed by atoms with van der Waals surface area (Å²) in [5.41, 5.74) is 0.502. The van der Waals surface area contributed by atoms with Crippen LogP contribution in [-0.4, -0.2) is 36.6 Å². The van der Waals surface area contributed by atoms with Crippen LogP contribution in [0.1, 0.15) is 25.3 Å². The van der Waals surface area contributed by atoms with Gasteiger partial charge in [-0.25, -0.2) is 8.78 Å². The minimum absolute atomic E-state index is 0. The van der Waals surface area contributed by atoms with E-state index in [9.17, 15) is 8.78 Å². The molecule has 1 saturated heterocycles. The molecule has 1 aromatic carbocycles. The van der Waals surface area contributed by atoms with Crippen LogP contribution in [0.2, 0.25) is 0 Å². The third-order valence-corrected chi connectivity index (χ3v) is 5.39. The number of benzene rings is 1. The Balaban J connectivity index is 0.00000264. The van der Waals surface area contributed by atoms with Crippen molar-refractivity contribution in [2.75, 3.05) is 25.9 Å². The Bertz CT molecular complexity index is 534. The van der Waals surface area contributed by atoms with Crippen molar-refractivity contribution in [3.05, 3.63) is 35.4 Å². The Morgan fingerprint density at radius 3 is 2.74 bits per heavy atom. The van der Waals surface area contributed by atoms with Gasteiger partial charge < -0.3 is 10.6 Å². The van der Waals surface area contributed by atoms with E-state index in [2.05, 4.69) is 22.5 Å². The molecule has 3 nitrogen and oxygen atoms in total. The molecule has 1 aliphatic rings. The van der Waals surface area contributed by atoms with Crippen molar-refractivity contribution in [1.82, 2.24) is 10.6 Å². The molecule has 0 saturated carbocycles. The standard InChI is InChI=1S/C16H23F2N3S.HI/c1-16(7-3-9-22-16)11-21-15(19-2)20-8-6-12-4-5-13(17)10-14(12)18;/h4-5,10H,3,6-9,11H2,1-2H3,(H2,19,20,21);1H. The number of aliphatic imine (C=N–C) groups is 1. The van der Waals surface area contributed by atoms with Gasteiger partial charge in [0.25, 0.3) is 0 Å². The lowest BCUT2D eigenvalue weighted by Crippen LogP contribution is -2.44. The molecule has 7 heteroatoms. The average Bonchev–Trinajstić information content (AvgIpc) is 2.92. The van der Waals surface area contributed by atoms with Crippen LogP contribution in [0, 0.1) is 11.6 Å². The summed E-state index contributed by atoms with van der Waals surface area (Å²) < 4.78 is 26.7. The van der Waals surface area contributed by atoms with Crippen molar-refractivity contribution in [2.24, 2.45) is 4.99 Å². The van der Waals surface area contributed by atoms with Crippen molar-refractivity contribution >= 4 is 41.7 Å². The summed E-state index contributed by atoms with van der Waals surface area (Å²) in [6.45, 7) is 3.67. The summed E-state index contributed by atoms with van der Waals surface area (Å²) in [4.78, 5) is 4.18. The molecule has 0 spiro atoms. The van der Waals surface area contributed by atoms with Crippen LogP contribution in [0.4, 0.5) is 8.78 Å². The molecule has 1 fully saturated rings. The van der Waals surface area contributed by atoms with Gasteiger partial charge in [0.2, 0.25) is 0 Å². The summed E-state index contributed by atoms with van der Waals surface area (Å²) >= 11 is 1.99. The van der Waals surface area contributed by atoms with E-state index in [0.29, 0.717) is 18.5 Å². The van der Waals surface area contributed by atoms with E-state index >= 15 is 0 Å². The molecule has 1 aromatic rings. The monoisotopic (exact) mass is 455 g/mol. The van der Waals surface area contributed by atoms with Gasteiger partial charge in [0.05, 0.1) is 0 Å². The fourth-order valence-corrected chi connectivity index (χ4v) is 3.75. The van der Waals surface area contributed by atoms with Crippen molar-refractivity contribution in [2.45, 2.75) is 30.9 Å². The number of hydrogen-bond donors (Lipinski definition) is 2. The van der Waals surface area contributed by atoms with Crippen molar-refractivity contribution < 1.29 is 8.78 Å². The molecule has 0 aliphatic carbocycles. The summed E-state index contributed by atoms with van der Waals surface area (Å²) in [7, 11) is 1.72. The highest BCUT2D eigenvalue weighted by Crippen LogP contribution is 2.36. The van der Waals surface area contributed by atoms with Crippen molar-refractivity contribution in [3.8, 4) is 0 Å². The topological polar surface area (TPSA) is 36.4 Å². The molecule has 2 N–H and O–H groups in total. The average molecular weight is 455 g/mol. The number of nitrogens with one attached hydrogen (secondary N) is 2. The SMILES string of the molecule is CN=C(NCCc1ccc(F)cc1F)NCC1(C)CCCS1.I. The largest absolute Gasteiger partial charge is 0.356 e. The maximum Gasteiger partial charge on any atom is 0.191 e. The van der Waals surface area contributed by atoms with Gasteiger partial charge in [-0.3, -0.25) is 4.99 Å². The second-order valence-electron chi connectivity index (χ2n) is 5.74. The van der Waals surface area contributed by atoms with Gasteiger partial charge in [0.1, 0.15) is 11.6 Å². The maximum atomic E-state index is 13.5. The van der Waals surface area contributed by atoms with Crippen molar-refractivity contribution in [3.63, 3.8) is 0 Å². The lowest BCUT2D eigenvalue weighted by molar-refractivity contribution is 0.569. The Kier molecular flexibility index (Phi) is 8.60. The van der Waals surface area contributed by atoms with Crippen LogP contribution in [0.3, 0.4) is 0 Å². The van der Waals surface area contributed by atoms with E-state index in [1.54, 1.807) is 7.05 Å². The van der Waals surface area contributed by atoms with Crippen LogP contribution in [0.15, 0.2) is 23.2 Å². The molecular weight excluding hydrogens is 431 g/mol. The first-order chi connectivity index (χ1) is 10.5. The molecule has 0 radical (unpaired) electrons. The number of hydrogen-bond acceptors (Lipinski definition) is 2. The Morgan fingerprint density at radius 2 is 2.13 bits per heavy atom. The zero-order valence-electron chi connectivity index (χ0n) is 13.5. The highest BCUT2D eigenvalue weighted by atomic mass is 127. The second-order valence-corrected chi connectivity index (χ2v) is 7.42. The third kappa shape index (κ3) is 6.45. The Morgan fingerprint density at radius 1 is 1.35 bits per heavy atom. The lowest BCUT2D eigenvalue weighted by Gasteiger charge is -2.24. The maximum absolute atomic E-state index is 13.5. The third-order valence-electron chi connectivity index (χ3n) is 3.86. The molecule has 0 bridgehead atoms. The van der Waals surface area contributed by atoms with Crippen LogP contribution in [-0.2, 0) is 6.42 Å². The zero-order chi connectivity index (χ0) is 16.0. The zero-order valence-corrected chi connectivity index (χ0v) is 16.6. The fourth-order valence-electron chi connectivity index (χ4n) is 2.51. The highest BCUT2D eigenvalue weighted by molar-refractivity contribution is 14.0. The van der Waals surface area contributed by atoms with Crippen LogP contribution >= 0.6 is 35.7 Å². The van der Waals surface area contributed by atoms with Gasteiger partial charge in [-0.15, -0.1) is 24.0 Å². The quantitative estimate of drug-likeness (QED) is 0.405. The van der Waals surface area contributed by atoms with Gasteiger partial charge >= 0.3 is 0 Å². The minimum atomic E-state index is -0.547. The van der Waals surface area contributed by atoms with E-state index in [1.165, 1.54) is 30.7 Å². The Hall–Kier alpha value is -0.570. The van der Waals surface area contributed by atoms with Gasteiger partial charge in [-0.05, 0) is 43.6 Å². The van der Waals surface area contributed by atoms with E-state index in [4.69, 9.17) is 0 Å². The van der Waals surface area contributed by atoms with Crippen LogP contribution in [0.5, 0.6) is 0 Å². The molecule has 130 valence electrons. The molecule has 1 atom stereocenters. The van der Waals surface area contributed by atoms with Gasteiger partial charge in [0.15, 0.2) is 5.96 Å². The minimum Gasteiger partial charge on any atom is -0.356 e. The van der Waals surface area contributed by atoms with E-state index in [0.717, 1.165) is 18.6 Å². The molecule has 0 aromatic heterocycles. The van der Waals surface area contributed by atoms with E-state index < -0.39 is 11.6 Å². The summed E-state index contributed by atoms with van der Waals surface area (Å²) in [5.74, 6) is 0.887. The summed E-state index contributed by atoms with van der Waals surface area (Å²) in [5, 5.41) is 6.50. The highest BCUT2D eigenvalue weighted by Gasteiger charge is 2.29. The summed E-state index contributed by atoms with van der Waals surface area (Å²) in [6, 6.07) is 3.68. The van der Waals surface area contributed by atoms with Gasteiger partial charge in [-0.1, -0.05) is 6.07 Å². The molecule has 1 unspecified atom stereocenters. The van der Waals surface area contributed by atoms with Gasteiger partial charge in [0, 0.05) is 31.0 Å². The first kappa shape index (κ1) is 20.5. The number of thioether (sulfide) groups is 1. The molecule has 0 amide bonds. The van der Waals surface area contributed by atoms with Gasteiger partial charge in [-0.2, -0.15) is 11.8 Å². The number of rotatable bonds is 5. The molecule has 1 aliphatic heterocycles. The van der Waals surface area contributed by atoms with Crippen molar-refractivity contribution in [1.29, 1.82) is 0 Å². The second kappa shape index (κ2) is 9.66. The Labute approximate surface area is 158 Å². The summed E-state index contributed by atoms with van der Waals surface area (Å²) in [6.07, 6.45) is 2.96. The molecule has 2 rings (SSSR count).